The molecular formula is C26H20ClF3N2O3. The summed E-state index contributed by atoms with van der Waals surface area (Å²) in [4.78, 5) is 24.4. The van der Waals surface area contributed by atoms with Crippen molar-refractivity contribution in [2.75, 3.05) is 0 Å². The Morgan fingerprint density at radius 1 is 1.03 bits per heavy atom. The number of carboxylic acid groups (broad SMARTS) is 1. The third-order valence-electron chi connectivity index (χ3n) is 5.72. The monoisotopic (exact) mass is 500 g/mol. The van der Waals surface area contributed by atoms with Gasteiger partial charge in [-0.1, -0.05) is 54.1 Å². The highest BCUT2D eigenvalue weighted by Gasteiger charge is 2.30. The second-order valence-corrected chi connectivity index (χ2v) is 8.46. The van der Waals surface area contributed by atoms with Gasteiger partial charge in [-0.2, -0.15) is 13.2 Å². The first-order valence-corrected chi connectivity index (χ1v) is 11.0. The lowest BCUT2D eigenvalue weighted by atomic mass is 10.1. The molecule has 0 saturated heterocycles. The van der Waals surface area contributed by atoms with Gasteiger partial charge in [0.15, 0.2) is 0 Å². The Morgan fingerprint density at radius 2 is 1.71 bits per heavy atom. The van der Waals surface area contributed by atoms with E-state index in [1.807, 2.05) is 0 Å². The molecule has 1 heterocycles. The van der Waals surface area contributed by atoms with Crippen molar-refractivity contribution in [2.24, 2.45) is 0 Å². The third-order valence-corrected chi connectivity index (χ3v) is 6.11. The molecule has 0 radical (unpaired) electrons. The number of alkyl halides is 3. The van der Waals surface area contributed by atoms with Gasteiger partial charge in [0.25, 0.3) is 5.91 Å². The summed E-state index contributed by atoms with van der Waals surface area (Å²) in [6.45, 7) is 1.74. The number of hydrogen-bond acceptors (Lipinski definition) is 2. The number of fused-ring (bicyclic) bond motifs is 1. The number of carbonyl (C=O) groups excluding carboxylic acids is 1. The van der Waals surface area contributed by atoms with Crippen molar-refractivity contribution < 1.29 is 27.9 Å². The van der Waals surface area contributed by atoms with E-state index < -0.39 is 29.7 Å². The predicted octanol–water partition coefficient (Wildman–Crippen LogP) is 6.55. The van der Waals surface area contributed by atoms with Gasteiger partial charge >= 0.3 is 12.1 Å². The number of carbonyl (C=O) groups is 2. The molecule has 3 aromatic carbocycles. The van der Waals surface area contributed by atoms with Crippen LogP contribution in [0.3, 0.4) is 0 Å². The van der Waals surface area contributed by atoms with E-state index in [2.05, 4.69) is 5.32 Å². The van der Waals surface area contributed by atoms with Crippen LogP contribution in [0.2, 0.25) is 5.02 Å². The first-order valence-electron chi connectivity index (χ1n) is 10.6. The Morgan fingerprint density at radius 3 is 2.37 bits per heavy atom. The summed E-state index contributed by atoms with van der Waals surface area (Å²) in [6, 6.07) is 17.6. The van der Waals surface area contributed by atoms with E-state index in [4.69, 9.17) is 16.7 Å². The van der Waals surface area contributed by atoms with Crippen LogP contribution in [0, 0.1) is 0 Å². The van der Waals surface area contributed by atoms with Crippen LogP contribution in [0.4, 0.5) is 13.2 Å². The Labute approximate surface area is 203 Å². The zero-order valence-corrected chi connectivity index (χ0v) is 19.2. The number of aromatic nitrogens is 1. The standard InChI is InChI=1S/C26H20ClF3N2O3/c1-15(17-9-11-18(12-10-17)25(34)35)31-24(33)23-22(27)20-7-2-3-8-21(20)32(23)14-16-5-4-6-19(13-16)26(28,29)30/h2-13,15H,14H2,1H3,(H,31,33)(H,34,35). The fraction of sp³-hybridized carbons (Fsp3) is 0.154. The van der Waals surface area contributed by atoms with E-state index in [1.165, 1.54) is 18.2 Å². The van der Waals surface area contributed by atoms with E-state index in [-0.39, 0.29) is 22.8 Å². The lowest BCUT2D eigenvalue weighted by molar-refractivity contribution is -0.137. The van der Waals surface area contributed by atoms with Crippen LogP contribution in [0.15, 0.2) is 72.8 Å². The molecule has 35 heavy (non-hydrogen) atoms. The van der Waals surface area contributed by atoms with Gasteiger partial charge in [0, 0.05) is 11.9 Å². The Kier molecular flexibility index (Phi) is 6.58. The molecule has 0 bridgehead atoms. The quantitative estimate of drug-likeness (QED) is 0.315. The number of aromatic carboxylic acids is 1. The highest BCUT2D eigenvalue weighted by Crippen LogP contribution is 2.33. The molecule has 0 fully saturated rings. The second kappa shape index (κ2) is 9.46. The van der Waals surface area contributed by atoms with Gasteiger partial charge in [0.05, 0.1) is 27.7 Å². The summed E-state index contributed by atoms with van der Waals surface area (Å²) in [5, 5.41) is 12.7. The molecule has 0 aliphatic carbocycles. The van der Waals surface area contributed by atoms with Crippen molar-refractivity contribution in [3.05, 3.63) is 106 Å². The minimum absolute atomic E-state index is 0.00158. The van der Waals surface area contributed by atoms with Crippen molar-refractivity contribution in [1.82, 2.24) is 9.88 Å². The molecule has 0 aliphatic rings. The number of benzene rings is 3. The number of halogens is 4. The number of para-hydroxylation sites is 1. The molecule has 5 nitrogen and oxygen atoms in total. The number of nitrogens with one attached hydrogen (secondary N) is 1. The van der Waals surface area contributed by atoms with Gasteiger partial charge in [0.2, 0.25) is 0 Å². The topological polar surface area (TPSA) is 71.3 Å². The van der Waals surface area contributed by atoms with E-state index >= 15 is 0 Å². The lowest BCUT2D eigenvalue weighted by Gasteiger charge is -2.17. The minimum Gasteiger partial charge on any atom is -0.478 e. The SMILES string of the molecule is CC(NC(=O)c1c(Cl)c2ccccc2n1Cc1cccc(C(F)(F)F)c1)c1ccc(C(=O)O)cc1. The lowest BCUT2D eigenvalue weighted by Crippen LogP contribution is -2.29. The molecule has 0 saturated carbocycles. The molecular weight excluding hydrogens is 481 g/mol. The van der Waals surface area contributed by atoms with Crippen molar-refractivity contribution in [2.45, 2.75) is 25.7 Å². The summed E-state index contributed by atoms with van der Waals surface area (Å²) >= 11 is 6.59. The first kappa shape index (κ1) is 24.3. The number of carboxylic acids is 1. The van der Waals surface area contributed by atoms with Crippen LogP contribution < -0.4 is 5.32 Å². The summed E-state index contributed by atoms with van der Waals surface area (Å²) < 4.78 is 41.3. The number of nitrogens with zero attached hydrogens (tertiary/aromatic N) is 1. The van der Waals surface area contributed by atoms with Crippen LogP contribution in [0.5, 0.6) is 0 Å². The summed E-state index contributed by atoms with van der Waals surface area (Å²) in [5.74, 6) is -1.56. The maximum atomic E-state index is 13.3. The van der Waals surface area contributed by atoms with E-state index in [9.17, 15) is 22.8 Å². The Balaban J connectivity index is 1.69. The van der Waals surface area contributed by atoms with Crippen molar-refractivity contribution in [3.8, 4) is 0 Å². The zero-order valence-electron chi connectivity index (χ0n) is 18.4. The molecule has 1 unspecified atom stereocenters. The van der Waals surface area contributed by atoms with Crippen LogP contribution in [0.1, 0.15) is 50.5 Å². The Bertz CT molecular complexity index is 1410. The predicted molar refractivity (Wildman–Crippen MR) is 127 cm³/mol. The zero-order chi connectivity index (χ0) is 25.3. The van der Waals surface area contributed by atoms with Gasteiger partial charge in [-0.15, -0.1) is 0 Å². The average molecular weight is 501 g/mol. The van der Waals surface area contributed by atoms with Crippen molar-refractivity contribution >= 4 is 34.4 Å². The molecule has 9 heteroatoms. The largest absolute Gasteiger partial charge is 0.478 e. The van der Waals surface area contributed by atoms with Gasteiger partial charge in [-0.25, -0.2) is 4.79 Å². The van der Waals surface area contributed by atoms with Crippen LogP contribution in [-0.2, 0) is 12.7 Å². The normalized spacial score (nSPS) is 12.5. The van der Waals surface area contributed by atoms with Gasteiger partial charge in [-0.3, -0.25) is 4.79 Å². The molecule has 0 spiro atoms. The molecule has 4 rings (SSSR count). The highest BCUT2D eigenvalue weighted by molar-refractivity contribution is 6.38. The van der Waals surface area contributed by atoms with Gasteiger partial charge in [-0.05, 0) is 48.4 Å². The number of hydrogen-bond donors (Lipinski definition) is 2. The van der Waals surface area contributed by atoms with E-state index in [0.717, 1.165) is 12.1 Å². The molecule has 4 aromatic rings. The minimum atomic E-state index is -4.49. The second-order valence-electron chi connectivity index (χ2n) is 8.09. The fourth-order valence-electron chi connectivity index (χ4n) is 3.94. The summed E-state index contributed by atoms with van der Waals surface area (Å²) in [7, 11) is 0. The third kappa shape index (κ3) is 5.02. The first-order chi connectivity index (χ1) is 16.6. The van der Waals surface area contributed by atoms with E-state index in [0.29, 0.717) is 22.0 Å². The van der Waals surface area contributed by atoms with E-state index in [1.54, 1.807) is 54.0 Å². The highest BCUT2D eigenvalue weighted by atomic mass is 35.5. The van der Waals surface area contributed by atoms with Crippen LogP contribution in [0.25, 0.3) is 10.9 Å². The summed E-state index contributed by atoms with van der Waals surface area (Å²) in [6.07, 6.45) is -4.49. The summed E-state index contributed by atoms with van der Waals surface area (Å²) in [5.41, 5.74) is 1.12. The average Bonchev–Trinajstić information content (AvgIpc) is 3.10. The van der Waals surface area contributed by atoms with Crippen molar-refractivity contribution in [3.63, 3.8) is 0 Å². The fourth-order valence-corrected chi connectivity index (χ4v) is 4.29. The van der Waals surface area contributed by atoms with Gasteiger partial charge < -0.3 is 15.0 Å². The molecule has 0 aliphatic heterocycles. The van der Waals surface area contributed by atoms with Crippen LogP contribution >= 0.6 is 11.6 Å². The molecule has 2 N–H and O–H groups in total. The Hall–Kier alpha value is -3.78. The van der Waals surface area contributed by atoms with Gasteiger partial charge in [0.1, 0.15) is 5.69 Å². The van der Waals surface area contributed by atoms with Crippen molar-refractivity contribution in [1.29, 1.82) is 0 Å². The molecule has 1 aromatic heterocycles. The van der Waals surface area contributed by atoms with Crippen LogP contribution in [-0.4, -0.2) is 21.6 Å². The maximum Gasteiger partial charge on any atom is 0.416 e. The maximum absolute atomic E-state index is 13.3. The molecule has 180 valence electrons. The molecule has 1 amide bonds. The smallest absolute Gasteiger partial charge is 0.416 e. The number of amides is 1. The number of rotatable bonds is 6. The molecule has 1 atom stereocenters.